The number of aromatic amines is 1. The third-order valence-electron chi connectivity index (χ3n) is 2.28. The van der Waals surface area contributed by atoms with Crippen molar-refractivity contribution >= 4 is 28.8 Å². The van der Waals surface area contributed by atoms with E-state index in [2.05, 4.69) is 20.3 Å². The Morgan fingerprint density at radius 1 is 1.41 bits per heavy atom. The maximum atomic E-state index is 10.9. The van der Waals surface area contributed by atoms with Gasteiger partial charge in [-0.3, -0.25) is 4.79 Å². The van der Waals surface area contributed by atoms with Crippen molar-refractivity contribution in [2.24, 2.45) is 0 Å². The van der Waals surface area contributed by atoms with Crippen LogP contribution in [0.15, 0.2) is 10.2 Å². The monoisotopic (exact) mass is 270 g/mol. The third-order valence-corrected chi connectivity index (χ3v) is 3.26. The lowest BCUT2D eigenvalue weighted by Crippen LogP contribution is -2.06. The van der Waals surface area contributed by atoms with E-state index in [4.69, 9.17) is 11.6 Å². The Labute approximate surface area is 107 Å². The van der Waals surface area contributed by atoms with Crippen molar-refractivity contribution in [3.63, 3.8) is 0 Å². The number of thiazole rings is 1. The standard InChI is InChI=1S/C10H11ClN4OS/c1-5-6(2)14-9(8(11)13-5)12-3-7-4-17-10(16)15-7/h4H,3H2,1-2H3,(H,12,14)(H,15,16). The predicted molar refractivity (Wildman–Crippen MR) is 68.8 cm³/mol. The Hall–Kier alpha value is -1.40. The fraction of sp³-hybridized carbons (Fsp3) is 0.300. The Morgan fingerprint density at radius 3 is 2.76 bits per heavy atom. The molecule has 0 spiro atoms. The second kappa shape index (κ2) is 4.85. The molecule has 0 radical (unpaired) electrons. The minimum Gasteiger partial charge on any atom is -0.362 e. The van der Waals surface area contributed by atoms with Crippen LogP contribution in [0.3, 0.4) is 0 Å². The van der Waals surface area contributed by atoms with Crippen LogP contribution in [0, 0.1) is 13.8 Å². The zero-order chi connectivity index (χ0) is 12.4. The molecule has 0 saturated heterocycles. The van der Waals surface area contributed by atoms with Crippen LogP contribution >= 0.6 is 22.9 Å². The van der Waals surface area contributed by atoms with Crippen molar-refractivity contribution < 1.29 is 0 Å². The molecule has 17 heavy (non-hydrogen) atoms. The fourth-order valence-corrected chi connectivity index (χ4v) is 2.09. The molecule has 0 saturated carbocycles. The molecular formula is C10H11ClN4OS. The van der Waals surface area contributed by atoms with Crippen molar-refractivity contribution in [3.8, 4) is 0 Å². The minimum atomic E-state index is -0.0703. The van der Waals surface area contributed by atoms with Gasteiger partial charge in [-0.05, 0) is 13.8 Å². The lowest BCUT2D eigenvalue weighted by Gasteiger charge is -2.07. The number of anilines is 1. The molecule has 2 aromatic rings. The molecule has 0 aliphatic carbocycles. The average Bonchev–Trinajstić information content (AvgIpc) is 2.68. The number of H-pyrrole nitrogens is 1. The highest BCUT2D eigenvalue weighted by Gasteiger charge is 2.07. The van der Waals surface area contributed by atoms with Gasteiger partial charge in [-0.25, -0.2) is 9.97 Å². The molecule has 0 atom stereocenters. The van der Waals surface area contributed by atoms with E-state index in [1.807, 2.05) is 13.8 Å². The first-order valence-corrected chi connectivity index (χ1v) is 6.23. The van der Waals surface area contributed by atoms with Crippen LogP contribution in [0.4, 0.5) is 5.82 Å². The number of hydrogen-bond acceptors (Lipinski definition) is 5. The van der Waals surface area contributed by atoms with Crippen LogP contribution in [-0.2, 0) is 6.54 Å². The van der Waals surface area contributed by atoms with Gasteiger partial charge in [-0.15, -0.1) is 0 Å². The van der Waals surface area contributed by atoms with E-state index in [1.165, 1.54) is 0 Å². The summed E-state index contributed by atoms with van der Waals surface area (Å²) >= 11 is 7.10. The number of aryl methyl sites for hydroxylation is 2. The highest BCUT2D eigenvalue weighted by Crippen LogP contribution is 2.18. The van der Waals surface area contributed by atoms with Crippen molar-refractivity contribution in [2.45, 2.75) is 20.4 Å². The second-order valence-corrected chi connectivity index (χ2v) is 4.76. The zero-order valence-corrected chi connectivity index (χ0v) is 10.9. The zero-order valence-electron chi connectivity index (χ0n) is 9.37. The molecule has 0 amide bonds. The molecule has 0 aliphatic heterocycles. The van der Waals surface area contributed by atoms with Crippen LogP contribution < -0.4 is 10.2 Å². The average molecular weight is 271 g/mol. The molecule has 7 heteroatoms. The summed E-state index contributed by atoms with van der Waals surface area (Å²) in [6, 6.07) is 0. The maximum Gasteiger partial charge on any atom is 0.304 e. The molecule has 2 aromatic heterocycles. The summed E-state index contributed by atoms with van der Waals surface area (Å²) in [7, 11) is 0. The molecule has 0 unspecified atom stereocenters. The van der Waals surface area contributed by atoms with Crippen molar-refractivity contribution in [1.29, 1.82) is 0 Å². The van der Waals surface area contributed by atoms with Gasteiger partial charge in [0.15, 0.2) is 11.0 Å². The Morgan fingerprint density at radius 2 is 2.12 bits per heavy atom. The molecule has 2 rings (SSSR count). The minimum absolute atomic E-state index is 0.0703. The van der Waals surface area contributed by atoms with Crippen LogP contribution in [0.2, 0.25) is 5.15 Å². The van der Waals surface area contributed by atoms with Gasteiger partial charge in [0, 0.05) is 11.1 Å². The van der Waals surface area contributed by atoms with E-state index in [9.17, 15) is 4.79 Å². The first-order valence-electron chi connectivity index (χ1n) is 4.97. The summed E-state index contributed by atoms with van der Waals surface area (Å²) in [6.07, 6.45) is 0. The Kier molecular flexibility index (Phi) is 3.44. The highest BCUT2D eigenvalue weighted by molar-refractivity contribution is 7.07. The number of nitrogens with one attached hydrogen (secondary N) is 2. The normalized spacial score (nSPS) is 10.5. The van der Waals surface area contributed by atoms with Crippen LogP contribution in [0.25, 0.3) is 0 Å². The quantitative estimate of drug-likeness (QED) is 0.896. The van der Waals surface area contributed by atoms with E-state index in [1.54, 1.807) is 5.38 Å². The van der Waals surface area contributed by atoms with Crippen molar-refractivity contribution in [3.05, 3.63) is 37.3 Å². The fourth-order valence-electron chi connectivity index (χ4n) is 1.27. The molecule has 0 bridgehead atoms. The van der Waals surface area contributed by atoms with E-state index in [0.717, 1.165) is 28.4 Å². The highest BCUT2D eigenvalue weighted by atomic mass is 35.5. The van der Waals surface area contributed by atoms with Gasteiger partial charge in [0.25, 0.3) is 0 Å². The number of aromatic nitrogens is 3. The molecule has 2 heterocycles. The summed E-state index contributed by atoms with van der Waals surface area (Å²) in [5.41, 5.74) is 2.44. The number of nitrogens with zero attached hydrogens (tertiary/aromatic N) is 2. The van der Waals surface area contributed by atoms with Gasteiger partial charge in [0.2, 0.25) is 0 Å². The first kappa shape index (κ1) is 12.1. The summed E-state index contributed by atoms with van der Waals surface area (Å²) in [5, 5.41) is 5.14. The SMILES string of the molecule is Cc1nc(Cl)c(NCc2csc(=O)[nH]2)nc1C. The van der Waals surface area contributed by atoms with E-state index in [-0.39, 0.29) is 4.87 Å². The summed E-state index contributed by atoms with van der Waals surface area (Å²) < 4.78 is 0. The van der Waals surface area contributed by atoms with E-state index < -0.39 is 0 Å². The van der Waals surface area contributed by atoms with Crippen molar-refractivity contribution in [1.82, 2.24) is 15.0 Å². The number of rotatable bonds is 3. The first-order chi connectivity index (χ1) is 8.06. The van der Waals surface area contributed by atoms with Gasteiger partial charge in [-0.1, -0.05) is 22.9 Å². The molecule has 2 N–H and O–H groups in total. The lowest BCUT2D eigenvalue weighted by molar-refractivity contribution is 0.996. The van der Waals surface area contributed by atoms with Crippen molar-refractivity contribution in [2.75, 3.05) is 5.32 Å². The predicted octanol–water partition coefficient (Wildman–Crippen LogP) is 2.11. The third kappa shape index (κ3) is 2.83. The van der Waals surface area contributed by atoms with Crippen LogP contribution in [0.5, 0.6) is 0 Å². The van der Waals surface area contributed by atoms with Crippen LogP contribution in [-0.4, -0.2) is 15.0 Å². The molecule has 90 valence electrons. The second-order valence-electron chi connectivity index (χ2n) is 3.56. The smallest absolute Gasteiger partial charge is 0.304 e. The lowest BCUT2D eigenvalue weighted by atomic mass is 10.3. The van der Waals surface area contributed by atoms with Gasteiger partial charge < -0.3 is 10.3 Å². The Bertz CT molecular complexity index is 592. The van der Waals surface area contributed by atoms with E-state index >= 15 is 0 Å². The van der Waals surface area contributed by atoms with Gasteiger partial charge in [-0.2, -0.15) is 0 Å². The Balaban J connectivity index is 2.14. The molecule has 0 aromatic carbocycles. The summed E-state index contributed by atoms with van der Waals surface area (Å²) in [5.74, 6) is 0.529. The molecule has 5 nitrogen and oxygen atoms in total. The van der Waals surface area contributed by atoms with Gasteiger partial charge >= 0.3 is 4.87 Å². The van der Waals surface area contributed by atoms with E-state index in [0.29, 0.717) is 17.5 Å². The summed E-state index contributed by atoms with van der Waals surface area (Å²) in [4.78, 5) is 22.0. The molecule has 0 aliphatic rings. The number of halogens is 1. The number of hydrogen-bond donors (Lipinski definition) is 2. The summed E-state index contributed by atoms with van der Waals surface area (Å²) in [6.45, 7) is 4.19. The topological polar surface area (TPSA) is 70.7 Å². The molecular weight excluding hydrogens is 260 g/mol. The van der Waals surface area contributed by atoms with Crippen LogP contribution in [0.1, 0.15) is 17.1 Å². The maximum absolute atomic E-state index is 10.9. The van der Waals surface area contributed by atoms with Gasteiger partial charge in [0.05, 0.1) is 17.9 Å². The largest absolute Gasteiger partial charge is 0.362 e. The molecule has 0 fully saturated rings. The van der Waals surface area contributed by atoms with Gasteiger partial charge in [0.1, 0.15) is 0 Å².